The van der Waals surface area contributed by atoms with Gasteiger partial charge in [0, 0.05) is 36.1 Å². The largest absolute Gasteiger partial charge is 0.497 e. The Morgan fingerprint density at radius 1 is 1.38 bits per heavy atom. The van der Waals surface area contributed by atoms with Gasteiger partial charge < -0.3 is 14.6 Å². The summed E-state index contributed by atoms with van der Waals surface area (Å²) in [4.78, 5) is 5.67. The Balaban J connectivity index is 2.04. The quantitative estimate of drug-likeness (QED) is 0.833. The predicted octanol–water partition coefficient (Wildman–Crippen LogP) is 2.21. The van der Waals surface area contributed by atoms with E-state index in [4.69, 9.17) is 4.74 Å². The Hall–Kier alpha value is -1.48. The van der Waals surface area contributed by atoms with E-state index in [-0.39, 0.29) is 0 Å². The SMILES string of the molecule is COc1ccc2[nH]cc(C3CN(C)C3)c2c1. The number of nitrogens with zero attached hydrogens (tertiary/aromatic N) is 1. The molecule has 2 heterocycles. The van der Waals surface area contributed by atoms with Crippen LogP contribution in [0.15, 0.2) is 24.4 Å². The van der Waals surface area contributed by atoms with Gasteiger partial charge in [0.1, 0.15) is 5.75 Å². The molecular weight excluding hydrogens is 200 g/mol. The van der Waals surface area contributed by atoms with Crippen LogP contribution in [0.25, 0.3) is 10.9 Å². The standard InChI is InChI=1S/C13H16N2O/c1-15-7-9(8-15)12-6-14-13-4-3-10(16-2)5-11(12)13/h3-6,9,14H,7-8H2,1-2H3. The number of hydrogen-bond donors (Lipinski definition) is 1. The van der Waals surface area contributed by atoms with Crippen LogP contribution in [0.3, 0.4) is 0 Å². The van der Waals surface area contributed by atoms with E-state index in [0.717, 1.165) is 18.8 Å². The van der Waals surface area contributed by atoms with E-state index in [2.05, 4.69) is 35.3 Å². The second kappa shape index (κ2) is 3.52. The number of hydrogen-bond acceptors (Lipinski definition) is 2. The molecule has 1 aliphatic heterocycles. The van der Waals surface area contributed by atoms with Crippen molar-refractivity contribution in [3.63, 3.8) is 0 Å². The number of fused-ring (bicyclic) bond motifs is 1. The van der Waals surface area contributed by atoms with Crippen LogP contribution in [0.2, 0.25) is 0 Å². The maximum absolute atomic E-state index is 5.27. The fraction of sp³-hybridized carbons (Fsp3) is 0.385. The lowest BCUT2D eigenvalue weighted by Crippen LogP contribution is -2.41. The molecule has 0 amide bonds. The molecule has 2 aromatic rings. The monoisotopic (exact) mass is 216 g/mol. The summed E-state index contributed by atoms with van der Waals surface area (Å²) in [6, 6.07) is 6.20. The van der Waals surface area contributed by atoms with Crippen LogP contribution in [0.5, 0.6) is 5.75 Å². The summed E-state index contributed by atoms with van der Waals surface area (Å²) in [6.45, 7) is 2.31. The number of aromatic amines is 1. The van der Waals surface area contributed by atoms with E-state index in [1.165, 1.54) is 16.5 Å². The molecule has 0 atom stereocenters. The Morgan fingerprint density at radius 2 is 2.19 bits per heavy atom. The molecule has 0 bridgehead atoms. The number of ether oxygens (including phenoxy) is 1. The number of methoxy groups -OCH3 is 1. The summed E-state index contributed by atoms with van der Waals surface area (Å²) in [5, 5.41) is 1.30. The molecule has 1 aromatic carbocycles. The van der Waals surface area contributed by atoms with Crippen LogP contribution in [0.1, 0.15) is 11.5 Å². The third-order valence-electron chi connectivity index (χ3n) is 3.42. The molecule has 1 fully saturated rings. The first-order valence-corrected chi connectivity index (χ1v) is 5.61. The van der Waals surface area contributed by atoms with Gasteiger partial charge in [0.25, 0.3) is 0 Å². The first-order valence-electron chi connectivity index (χ1n) is 5.61. The van der Waals surface area contributed by atoms with Crippen LogP contribution in [-0.4, -0.2) is 37.1 Å². The topological polar surface area (TPSA) is 28.3 Å². The molecule has 0 spiro atoms. The van der Waals surface area contributed by atoms with Gasteiger partial charge in [-0.1, -0.05) is 0 Å². The first-order chi connectivity index (χ1) is 7.78. The van der Waals surface area contributed by atoms with Crippen molar-refractivity contribution in [3.8, 4) is 5.75 Å². The molecule has 1 saturated heterocycles. The molecule has 0 saturated carbocycles. The number of likely N-dealkylation sites (tertiary alicyclic amines) is 1. The van der Waals surface area contributed by atoms with Gasteiger partial charge in [0.05, 0.1) is 7.11 Å². The summed E-state index contributed by atoms with van der Waals surface area (Å²) >= 11 is 0. The lowest BCUT2D eigenvalue weighted by atomic mass is 9.92. The van der Waals surface area contributed by atoms with E-state index in [9.17, 15) is 0 Å². The second-order valence-electron chi connectivity index (χ2n) is 4.57. The zero-order valence-electron chi connectivity index (χ0n) is 9.66. The molecule has 3 nitrogen and oxygen atoms in total. The van der Waals surface area contributed by atoms with Crippen molar-refractivity contribution < 1.29 is 4.74 Å². The van der Waals surface area contributed by atoms with Gasteiger partial charge in [0.15, 0.2) is 0 Å². The minimum Gasteiger partial charge on any atom is -0.497 e. The fourth-order valence-electron chi connectivity index (χ4n) is 2.48. The normalized spacial score (nSPS) is 17.6. The highest BCUT2D eigenvalue weighted by Gasteiger charge is 2.26. The summed E-state index contributed by atoms with van der Waals surface area (Å²) in [7, 11) is 3.87. The average Bonchev–Trinajstić information content (AvgIpc) is 2.67. The minimum absolute atomic E-state index is 0.672. The van der Waals surface area contributed by atoms with Crippen LogP contribution >= 0.6 is 0 Å². The highest BCUT2D eigenvalue weighted by atomic mass is 16.5. The average molecular weight is 216 g/mol. The molecule has 84 valence electrons. The lowest BCUT2D eigenvalue weighted by Gasteiger charge is -2.36. The minimum atomic E-state index is 0.672. The van der Waals surface area contributed by atoms with Crippen molar-refractivity contribution in [2.45, 2.75) is 5.92 Å². The summed E-state index contributed by atoms with van der Waals surface area (Å²) in [6.07, 6.45) is 2.14. The zero-order valence-corrected chi connectivity index (χ0v) is 9.66. The maximum atomic E-state index is 5.27. The van der Waals surface area contributed by atoms with Gasteiger partial charge in [0.2, 0.25) is 0 Å². The number of nitrogens with one attached hydrogen (secondary N) is 1. The van der Waals surface area contributed by atoms with E-state index in [0.29, 0.717) is 5.92 Å². The Labute approximate surface area is 95.0 Å². The Kier molecular flexibility index (Phi) is 2.14. The summed E-state index contributed by atoms with van der Waals surface area (Å²) < 4.78 is 5.27. The second-order valence-corrected chi connectivity index (χ2v) is 4.57. The van der Waals surface area contributed by atoms with Gasteiger partial charge in [-0.3, -0.25) is 0 Å². The molecule has 3 heteroatoms. The highest BCUT2D eigenvalue weighted by molar-refractivity contribution is 5.85. The number of likely N-dealkylation sites (N-methyl/N-ethyl adjacent to an activating group) is 1. The predicted molar refractivity (Wildman–Crippen MR) is 65.1 cm³/mol. The molecule has 0 unspecified atom stereocenters. The van der Waals surface area contributed by atoms with Crippen molar-refractivity contribution in [2.24, 2.45) is 0 Å². The van der Waals surface area contributed by atoms with Crippen LogP contribution in [0, 0.1) is 0 Å². The van der Waals surface area contributed by atoms with E-state index < -0.39 is 0 Å². The number of benzene rings is 1. The molecule has 1 N–H and O–H groups in total. The van der Waals surface area contributed by atoms with Gasteiger partial charge in [-0.05, 0) is 30.8 Å². The molecule has 0 aliphatic carbocycles. The molecule has 1 aliphatic rings. The maximum Gasteiger partial charge on any atom is 0.119 e. The number of rotatable bonds is 2. The molecular formula is C13H16N2O. The third kappa shape index (κ3) is 1.39. The van der Waals surface area contributed by atoms with Gasteiger partial charge in [-0.25, -0.2) is 0 Å². The lowest BCUT2D eigenvalue weighted by molar-refractivity contribution is 0.190. The highest BCUT2D eigenvalue weighted by Crippen LogP contribution is 2.33. The van der Waals surface area contributed by atoms with Crippen molar-refractivity contribution in [2.75, 3.05) is 27.2 Å². The third-order valence-corrected chi connectivity index (χ3v) is 3.42. The Morgan fingerprint density at radius 3 is 2.88 bits per heavy atom. The fourth-order valence-corrected chi connectivity index (χ4v) is 2.48. The summed E-state index contributed by atoms with van der Waals surface area (Å²) in [5.41, 5.74) is 2.62. The molecule has 16 heavy (non-hydrogen) atoms. The van der Waals surface area contributed by atoms with E-state index in [1.54, 1.807) is 7.11 Å². The first kappa shape index (κ1) is 9.73. The van der Waals surface area contributed by atoms with Crippen LogP contribution in [-0.2, 0) is 0 Å². The number of H-pyrrole nitrogens is 1. The Bertz CT molecular complexity index is 512. The molecule has 3 rings (SSSR count). The van der Waals surface area contributed by atoms with Crippen molar-refractivity contribution in [1.82, 2.24) is 9.88 Å². The van der Waals surface area contributed by atoms with E-state index in [1.807, 2.05) is 6.07 Å². The zero-order chi connectivity index (χ0) is 11.1. The van der Waals surface area contributed by atoms with Crippen LogP contribution < -0.4 is 4.74 Å². The van der Waals surface area contributed by atoms with E-state index >= 15 is 0 Å². The van der Waals surface area contributed by atoms with Crippen molar-refractivity contribution >= 4 is 10.9 Å². The van der Waals surface area contributed by atoms with Gasteiger partial charge in [-0.2, -0.15) is 0 Å². The van der Waals surface area contributed by atoms with Crippen molar-refractivity contribution in [1.29, 1.82) is 0 Å². The summed E-state index contributed by atoms with van der Waals surface area (Å²) in [5.74, 6) is 1.60. The van der Waals surface area contributed by atoms with Crippen molar-refractivity contribution in [3.05, 3.63) is 30.0 Å². The van der Waals surface area contributed by atoms with Crippen LogP contribution in [0.4, 0.5) is 0 Å². The smallest absolute Gasteiger partial charge is 0.119 e. The molecule has 1 aromatic heterocycles. The number of aromatic nitrogens is 1. The molecule has 0 radical (unpaired) electrons. The van der Waals surface area contributed by atoms with Gasteiger partial charge >= 0.3 is 0 Å². The van der Waals surface area contributed by atoms with Gasteiger partial charge in [-0.15, -0.1) is 0 Å².